The minimum absolute atomic E-state index is 0.0622. The van der Waals surface area contributed by atoms with Gasteiger partial charge in [0.2, 0.25) is 0 Å². The maximum Gasteiger partial charge on any atom is 0.148 e. The highest BCUT2D eigenvalue weighted by Crippen LogP contribution is 2.37. The summed E-state index contributed by atoms with van der Waals surface area (Å²) in [7, 11) is 1.61. The Labute approximate surface area is 179 Å². The quantitative estimate of drug-likeness (QED) is 0.328. The first-order valence-corrected chi connectivity index (χ1v) is 10.5. The SMILES string of the molecule is COC(CC/C(C)=C/CC/C(C)=C/CC1C(O)=C(Cl)C(C)=C(C=O)C1O)[C@H](C)O. The zero-order valence-electron chi connectivity index (χ0n) is 18.1. The molecule has 0 spiro atoms. The summed E-state index contributed by atoms with van der Waals surface area (Å²) in [6.07, 6.45) is 6.90. The van der Waals surface area contributed by atoms with Gasteiger partial charge in [-0.05, 0) is 65.4 Å². The van der Waals surface area contributed by atoms with Crippen molar-refractivity contribution in [1.29, 1.82) is 0 Å². The molecule has 29 heavy (non-hydrogen) atoms. The van der Waals surface area contributed by atoms with Crippen LogP contribution in [0, 0.1) is 5.92 Å². The number of ether oxygens (including phenoxy) is 1. The molecule has 0 bridgehead atoms. The average Bonchev–Trinajstić information content (AvgIpc) is 2.67. The van der Waals surface area contributed by atoms with E-state index in [1.165, 1.54) is 5.57 Å². The molecule has 0 heterocycles. The molecule has 5 nitrogen and oxygen atoms in total. The molecule has 0 fully saturated rings. The zero-order chi connectivity index (χ0) is 22.1. The van der Waals surface area contributed by atoms with Crippen molar-refractivity contribution in [3.8, 4) is 0 Å². The van der Waals surface area contributed by atoms with E-state index in [-0.39, 0.29) is 22.5 Å². The lowest BCUT2D eigenvalue weighted by atomic mass is 9.83. The first-order valence-electron chi connectivity index (χ1n) is 10.1. The van der Waals surface area contributed by atoms with Crippen molar-refractivity contribution >= 4 is 17.9 Å². The predicted molar refractivity (Wildman–Crippen MR) is 117 cm³/mol. The van der Waals surface area contributed by atoms with Gasteiger partial charge >= 0.3 is 0 Å². The molecular weight excluding hydrogens is 392 g/mol. The van der Waals surface area contributed by atoms with E-state index >= 15 is 0 Å². The number of halogens is 1. The van der Waals surface area contributed by atoms with E-state index in [0.717, 1.165) is 31.3 Å². The summed E-state index contributed by atoms with van der Waals surface area (Å²) in [4.78, 5) is 11.2. The van der Waals surface area contributed by atoms with E-state index in [1.807, 2.05) is 13.0 Å². The molecular formula is C23H35ClO5. The lowest BCUT2D eigenvalue weighted by Crippen LogP contribution is -2.30. The van der Waals surface area contributed by atoms with E-state index in [9.17, 15) is 20.1 Å². The molecule has 0 aromatic heterocycles. The van der Waals surface area contributed by atoms with Gasteiger partial charge in [-0.1, -0.05) is 34.9 Å². The highest BCUT2D eigenvalue weighted by molar-refractivity contribution is 6.32. The van der Waals surface area contributed by atoms with Crippen molar-refractivity contribution in [3.05, 3.63) is 45.2 Å². The highest BCUT2D eigenvalue weighted by atomic mass is 35.5. The van der Waals surface area contributed by atoms with Gasteiger partial charge < -0.3 is 20.1 Å². The Morgan fingerprint density at radius 1 is 1.24 bits per heavy atom. The van der Waals surface area contributed by atoms with Crippen LogP contribution in [0.1, 0.15) is 59.8 Å². The van der Waals surface area contributed by atoms with E-state index in [0.29, 0.717) is 18.3 Å². The first kappa shape index (κ1) is 25.6. The summed E-state index contributed by atoms with van der Waals surface area (Å²) in [5.74, 6) is -0.669. The minimum atomic E-state index is -1.05. The molecule has 3 unspecified atom stereocenters. The highest BCUT2D eigenvalue weighted by Gasteiger charge is 2.33. The lowest BCUT2D eigenvalue weighted by molar-refractivity contribution is -0.106. The second-order valence-corrected chi connectivity index (χ2v) is 8.26. The van der Waals surface area contributed by atoms with Crippen molar-refractivity contribution < 1.29 is 24.9 Å². The van der Waals surface area contributed by atoms with Crippen molar-refractivity contribution in [1.82, 2.24) is 0 Å². The minimum Gasteiger partial charge on any atom is -0.510 e. The van der Waals surface area contributed by atoms with Crippen molar-refractivity contribution in [2.45, 2.75) is 78.1 Å². The fourth-order valence-corrected chi connectivity index (χ4v) is 3.72. The van der Waals surface area contributed by atoms with Crippen LogP contribution in [0.25, 0.3) is 0 Å². The maximum absolute atomic E-state index is 11.2. The van der Waals surface area contributed by atoms with Crippen molar-refractivity contribution in [2.24, 2.45) is 5.92 Å². The van der Waals surface area contributed by atoms with Crippen LogP contribution in [0.2, 0.25) is 0 Å². The molecule has 1 aliphatic carbocycles. The van der Waals surface area contributed by atoms with Gasteiger partial charge in [-0.15, -0.1) is 0 Å². The summed E-state index contributed by atoms with van der Waals surface area (Å²) < 4.78 is 5.28. The molecule has 0 aliphatic heterocycles. The van der Waals surface area contributed by atoms with Crippen LogP contribution in [-0.4, -0.2) is 47.0 Å². The monoisotopic (exact) mass is 426 g/mol. The number of carbonyl (C=O) groups is 1. The van der Waals surface area contributed by atoms with Crippen LogP contribution in [0.4, 0.5) is 0 Å². The van der Waals surface area contributed by atoms with E-state index in [2.05, 4.69) is 13.0 Å². The molecule has 1 aliphatic rings. The van der Waals surface area contributed by atoms with E-state index < -0.39 is 18.1 Å². The number of hydrogen-bond acceptors (Lipinski definition) is 5. The van der Waals surface area contributed by atoms with Gasteiger partial charge in [0.05, 0.1) is 29.3 Å². The Hall–Kier alpha value is -1.40. The second kappa shape index (κ2) is 12.3. The van der Waals surface area contributed by atoms with Gasteiger partial charge in [0.1, 0.15) is 12.0 Å². The van der Waals surface area contributed by atoms with Gasteiger partial charge in [-0.2, -0.15) is 0 Å². The number of aliphatic hydroxyl groups excluding tert-OH is 3. The number of rotatable bonds is 11. The molecule has 0 saturated heterocycles. The molecule has 0 radical (unpaired) electrons. The molecule has 1 rings (SSSR count). The molecule has 164 valence electrons. The molecule has 3 N–H and O–H groups in total. The summed E-state index contributed by atoms with van der Waals surface area (Å²) in [5, 5.41) is 30.5. The maximum atomic E-state index is 11.2. The molecule has 4 atom stereocenters. The number of aliphatic hydroxyl groups is 3. The standard InChI is InChI=1S/C23H35ClO5/c1-14(7-6-8-15(2)10-12-20(29-5)17(4)26)9-11-18-22(27)19(13-25)16(3)21(24)23(18)28/h8-9,13,17-18,20,22,26-28H,6-7,10-12H2,1-5H3/b14-9+,15-8+/t17-,18?,20?,22?/m0/s1. The van der Waals surface area contributed by atoms with Crippen molar-refractivity contribution in [2.75, 3.05) is 7.11 Å². The number of methoxy groups -OCH3 is 1. The van der Waals surface area contributed by atoms with Crippen LogP contribution >= 0.6 is 11.6 Å². The summed E-state index contributed by atoms with van der Waals surface area (Å²) in [5.41, 5.74) is 3.05. The summed E-state index contributed by atoms with van der Waals surface area (Å²) in [6.45, 7) is 7.44. The fraction of sp³-hybridized carbons (Fsp3) is 0.609. The number of allylic oxidation sites excluding steroid dienone is 6. The second-order valence-electron chi connectivity index (χ2n) is 7.88. The van der Waals surface area contributed by atoms with Crippen LogP contribution in [0.3, 0.4) is 0 Å². The van der Waals surface area contributed by atoms with Crippen LogP contribution in [-0.2, 0) is 9.53 Å². The Kier molecular flexibility index (Phi) is 10.9. The average molecular weight is 427 g/mol. The van der Waals surface area contributed by atoms with Crippen LogP contribution < -0.4 is 0 Å². The summed E-state index contributed by atoms with van der Waals surface area (Å²) >= 11 is 6.12. The first-order chi connectivity index (χ1) is 13.6. The van der Waals surface area contributed by atoms with Gasteiger partial charge in [0, 0.05) is 12.7 Å². The molecule has 0 aromatic carbocycles. The third kappa shape index (κ3) is 7.41. The third-order valence-electron chi connectivity index (χ3n) is 5.58. The largest absolute Gasteiger partial charge is 0.510 e. The normalized spacial score (nSPS) is 23.4. The summed E-state index contributed by atoms with van der Waals surface area (Å²) in [6, 6.07) is 0. The predicted octanol–water partition coefficient (Wildman–Crippen LogP) is 4.74. The smallest absolute Gasteiger partial charge is 0.148 e. The lowest BCUT2D eigenvalue weighted by Gasteiger charge is -2.28. The van der Waals surface area contributed by atoms with E-state index in [1.54, 1.807) is 21.0 Å². The van der Waals surface area contributed by atoms with Crippen LogP contribution in [0.15, 0.2) is 45.2 Å². The Morgan fingerprint density at radius 2 is 1.86 bits per heavy atom. The number of aldehydes is 1. The van der Waals surface area contributed by atoms with E-state index in [4.69, 9.17) is 16.3 Å². The zero-order valence-corrected chi connectivity index (χ0v) is 18.9. The van der Waals surface area contributed by atoms with Gasteiger partial charge in [0.15, 0.2) is 0 Å². The third-order valence-corrected chi connectivity index (χ3v) is 6.06. The topological polar surface area (TPSA) is 87.0 Å². The van der Waals surface area contributed by atoms with Crippen LogP contribution in [0.5, 0.6) is 0 Å². The molecule has 0 amide bonds. The molecule has 0 saturated carbocycles. The fourth-order valence-electron chi connectivity index (χ4n) is 3.47. The van der Waals surface area contributed by atoms with Gasteiger partial charge in [0.25, 0.3) is 0 Å². The molecule has 0 aromatic rings. The number of carbonyl (C=O) groups excluding carboxylic acids is 1. The Bertz CT molecular complexity index is 687. The number of hydrogen-bond donors (Lipinski definition) is 3. The molecule has 6 heteroatoms. The van der Waals surface area contributed by atoms with Gasteiger partial charge in [-0.25, -0.2) is 0 Å². The Morgan fingerprint density at radius 3 is 2.41 bits per heavy atom. The van der Waals surface area contributed by atoms with Crippen molar-refractivity contribution in [3.63, 3.8) is 0 Å². The van der Waals surface area contributed by atoms with Gasteiger partial charge in [-0.3, -0.25) is 4.79 Å². The Balaban J connectivity index is 2.59.